The fraction of sp³-hybridized carbons (Fsp3) is 0.250. The number of nitrogens with two attached hydrogens (primary N) is 1. The Morgan fingerprint density at radius 3 is 2.38 bits per heavy atom. The molecule has 0 radical (unpaired) electrons. The molecular formula is C24H24N4O. The highest BCUT2D eigenvalue weighted by Crippen LogP contribution is 2.36. The van der Waals surface area contributed by atoms with Crippen LogP contribution in [0.15, 0.2) is 71.8 Å². The van der Waals surface area contributed by atoms with Crippen LogP contribution >= 0.6 is 0 Å². The third kappa shape index (κ3) is 3.28. The average Bonchev–Trinajstić information content (AvgIpc) is 3.11. The molecule has 1 aliphatic carbocycles. The fourth-order valence-electron chi connectivity index (χ4n) is 4.49. The van der Waals surface area contributed by atoms with Crippen LogP contribution in [0, 0.1) is 0 Å². The third-order valence-corrected chi connectivity index (χ3v) is 6.03. The van der Waals surface area contributed by atoms with Crippen LogP contribution in [0.5, 0.6) is 0 Å². The van der Waals surface area contributed by atoms with Crippen molar-refractivity contribution in [3.63, 3.8) is 0 Å². The Hall–Kier alpha value is -3.18. The lowest BCUT2D eigenvalue weighted by Crippen LogP contribution is -2.28. The average molecular weight is 384 g/mol. The number of nitrogens with one attached hydrogen (secondary N) is 1. The number of nitrogens with zero attached hydrogens (tertiary/aromatic N) is 2. The molecule has 0 saturated heterocycles. The molecule has 1 aliphatic rings. The summed E-state index contributed by atoms with van der Waals surface area (Å²) >= 11 is 0. The minimum Gasteiger partial charge on any atom is -0.328 e. The zero-order valence-electron chi connectivity index (χ0n) is 16.2. The number of fused-ring (bicyclic) bond motifs is 1. The quantitative estimate of drug-likeness (QED) is 0.546. The highest BCUT2D eigenvalue weighted by molar-refractivity contribution is 5.90. The molecule has 0 unspecified atom stereocenters. The summed E-state index contributed by atoms with van der Waals surface area (Å²) in [4.78, 5) is 17.3. The standard InChI is InChI=1S/C24H24N4O/c25-20-7-9-21(10-8-20)28-23(17-11-13-26-14-12-17)22(24(29)27-28)19-6-5-16-3-1-2-4-18(16)15-19/h1-6,11-15,20-21H,7-10,25H2,(H,27,29). The summed E-state index contributed by atoms with van der Waals surface area (Å²) in [6.45, 7) is 0. The van der Waals surface area contributed by atoms with Gasteiger partial charge in [-0.25, -0.2) is 0 Å². The van der Waals surface area contributed by atoms with Crippen LogP contribution in [0.25, 0.3) is 33.2 Å². The zero-order valence-corrected chi connectivity index (χ0v) is 16.2. The van der Waals surface area contributed by atoms with Crippen LogP contribution in [-0.4, -0.2) is 20.8 Å². The van der Waals surface area contributed by atoms with Crippen molar-refractivity contribution in [3.05, 3.63) is 77.3 Å². The summed E-state index contributed by atoms with van der Waals surface area (Å²) in [7, 11) is 0. The van der Waals surface area contributed by atoms with Crippen molar-refractivity contribution in [3.8, 4) is 22.4 Å². The number of hydrogen-bond acceptors (Lipinski definition) is 3. The molecule has 1 saturated carbocycles. The van der Waals surface area contributed by atoms with Crippen LogP contribution in [0.2, 0.25) is 0 Å². The van der Waals surface area contributed by atoms with Gasteiger partial charge in [0.1, 0.15) is 0 Å². The van der Waals surface area contributed by atoms with Crippen molar-refractivity contribution in [2.75, 3.05) is 0 Å². The summed E-state index contributed by atoms with van der Waals surface area (Å²) < 4.78 is 2.08. The van der Waals surface area contributed by atoms with Gasteiger partial charge in [-0.05, 0) is 60.2 Å². The molecule has 2 heterocycles. The second-order valence-electron chi connectivity index (χ2n) is 7.90. The van der Waals surface area contributed by atoms with Gasteiger partial charge in [-0.3, -0.25) is 19.6 Å². The summed E-state index contributed by atoms with van der Waals surface area (Å²) in [6.07, 6.45) is 7.45. The fourth-order valence-corrected chi connectivity index (χ4v) is 4.49. The Bertz CT molecular complexity index is 1200. The first-order valence-corrected chi connectivity index (χ1v) is 10.2. The van der Waals surface area contributed by atoms with Crippen molar-refractivity contribution in [1.29, 1.82) is 0 Å². The molecular weight excluding hydrogens is 360 g/mol. The van der Waals surface area contributed by atoms with Gasteiger partial charge in [-0.1, -0.05) is 36.4 Å². The Morgan fingerprint density at radius 2 is 1.62 bits per heavy atom. The van der Waals surface area contributed by atoms with E-state index in [1.54, 1.807) is 12.4 Å². The highest BCUT2D eigenvalue weighted by atomic mass is 16.1. The maximum atomic E-state index is 13.2. The van der Waals surface area contributed by atoms with Crippen molar-refractivity contribution < 1.29 is 0 Å². The lowest BCUT2D eigenvalue weighted by atomic mass is 9.91. The Balaban J connectivity index is 1.71. The van der Waals surface area contributed by atoms with Gasteiger partial charge in [0, 0.05) is 24.0 Å². The van der Waals surface area contributed by atoms with Crippen LogP contribution in [-0.2, 0) is 0 Å². The first kappa shape index (κ1) is 17.9. The van der Waals surface area contributed by atoms with Crippen molar-refractivity contribution in [2.45, 2.75) is 37.8 Å². The van der Waals surface area contributed by atoms with Gasteiger partial charge < -0.3 is 5.73 Å². The second-order valence-corrected chi connectivity index (χ2v) is 7.90. The SMILES string of the molecule is NC1CCC(n2[nH]c(=O)c(-c3ccc4ccccc4c3)c2-c2ccncc2)CC1. The van der Waals surface area contributed by atoms with E-state index in [2.05, 4.69) is 39.0 Å². The van der Waals surface area contributed by atoms with E-state index in [0.29, 0.717) is 0 Å². The van der Waals surface area contributed by atoms with Gasteiger partial charge in [0.15, 0.2) is 0 Å². The number of aromatic amines is 1. The summed E-state index contributed by atoms with van der Waals surface area (Å²) in [5.41, 5.74) is 9.65. The molecule has 0 atom stereocenters. The molecule has 2 aromatic carbocycles. The lowest BCUT2D eigenvalue weighted by Gasteiger charge is -2.28. The van der Waals surface area contributed by atoms with Gasteiger partial charge in [-0.15, -0.1) is 0 Å². The van der Waals surface area contributed by atoms with E-state index in [-0.39, 0.29) is 17.6 Å². The molecule has 4 aromatic rings. The van der Waals surface area contributed by atoms with E-state index in [1.165, 1.54) is 5.39 Å². The first-order chi connectivity index (χ1) is 14.2. The number of pyridine rings is 1. The zero-order chi connectivity index (χ0) is 19.8. The number of hydrogen-bond donors (Lipinski definition) is 2. The van der Waals surface area contributed by atoms with E-state index in [0.717, 1.165) is 53.5 Å². The van der Waals surface area contributed by atoms with Gasteiger partial charge in [0.2, 0.25) is 0 Å². The molecule has 1 fully saturated rings. The maximum absolute atomic E-state index is 13.2. The van der Waals surface area contributed by atoms with Gasteiger partial charge in [-0.2, -0.15) is 0 Å². The molecule has 0 amide bonds. The van der Waals surface area contributed by atoms with Crippen molar-refractivity contribution in [1.82, 2.24) is 14.8 Å². The van der Waals surface area contributed by atoms with Crippen LogP contribution < -0.4 is 11.3 Å². The molecule has 0 aliphatic heterocycles. The van der Waals surface area contributed by atoms with Crippen LogP contribution in [0.1, 0.15) is 31.7 Å². The van der Waals surface area contributed by atoms with Crippen LogP contribution in [0.4, 0.5) is 0 Å². The van der Waals surface area contributed by atoms with E-state index in [9.17, 15) is 4.79 Å². The van der Waals surface area contributed by atoms with E-state index < -0.39 is 0 Å². The number of aromatic nitrogens is 3. The molecule has 0 spiro atoms. The number of benzene rings is 2. The summed E-state index contributed by atoms with van der Waals surface area (Å²) in [5.74, 6) is 0. The molecule has 0 bridgehead atoms. The largest absolute Gasteiger partial charge is 0.328 e. The van der Waals surface area contributed by atoms with E-state index in [4.69, 9.17) is 5.73 Å². The topological polar surface area (TPSA) is 76.7 Å². The number of H-pyrrole nitrogens is 1. The Kier molecular flexibility index (Phi) is 4.52. The van der Waals surface area contributed by atoms with Gasteiger partial charge in [0.25, 0.3) is 5.56 Å². The molecule has 5 rings (SSSR count). The van der Waals surface area contributed by atoms with Crippen molar-refractivity contribution >= 4 is 10.8 Å². The first-order valence-electron chi connectivity index (χ1n) is 10.2. The number of rotatable bonds is 3. The normalized spacial score (nSPS) is 19.5. The predicted molar refractivity (Wildman–Crippen MR) is 117 cm³/mol. The molecule has 2 aromatic heterocycles. The third-order valence-electron chi connectivity index (χ3n) is 6.03. The van der Waals surface area contributed by atoms with E-state index in [1.807, 2.05) is 30.3 Å². The lowest BCUT2D eigenvalue weighted by molar-refractivity contribution is 0.306. The Morgan fingerprint density at radius 1 is 0.897 bits per heavy atom. The molecule has 29 heavy (non-hydrogen) atoms. The monoisotopic (exact) mass is 384 g/mol. The van der Waals surface area contributed by atoms with Crippen LogP contribution in [0.3, 0.4) is 0 Å². The molecule has 3 N–H and O–H groups in total. The summed E-state index contributed by atoms with van der Waals surface area (Å²) in [6, 6.07) is 18.9. The maximum Gasteiger partial charge on any atom is 0.272 e. The molecule has 5 heteroatoms. The minimum atomic E-state index is -0.0537. The smallest absolute Gasteiger partial charge is 0.272 e. The predicted octanol–water partition coefficient (Wildman–Crippen LogP) is 4.50. The van der Waals surface area contributed by atoms with Crippen molar-refractivity contribution in [2.24, 2.45) is 5.73 Å². The Labute approximate surface area is 169 Å². The highest BCUT2D eigenvalue weighted by Gasteiger charge is 2.26. The molecule has 5 nitrogen and oxygen atoms in total. The summed E-state index contributed by atoms with van der Waals surface area (Å²) in [5, 5.41) is 5.43. The van der Waals surface area contributed by atoms with Gasteiger partial charge >= 0.3 is 0 Å². The second kappa shape index (κ2) is 7.33. The molecule has 146 valence electrons. The van der Waals surface area contributed by atoms with E-state index >= 15 is 0 Å². The minimum absolute atomic E-state index is 0.0537. The van der Waals surface area contributed by atoms with Gasteiger partial charge in [0.05, 0.1) is 17.3 Å².